The highest BCUT2D eigenvalue weighted by atomic mass is 35.5. The van der Waals surface area contributed by atoms with Gasteiger partial charge in [-0.3, -0.25) is 0 Å². The highest BCUT2D eigenvalue weighted by molar-refractivity contribution is 6.32. The number of aromatic nitrogens is 1. The fourth-order valence-corrected chi connectivity index (χ4v) is 1.21. The molecule has 0 atom stereocenters. The van der Waals surface area contributed by atoms with Crippen molar-refractivity contribution in [3.63, 3.8) is 0 Å². The van der Waals surface area contributed by atoms with Gasteiger partial charge in [-0.05, 0) is 6.07 Å². The minimum atomic E-state index is -0.436. The van der Waals surface area contributed by atoms with Gasteiger partial charge in [-0.2, -0.15) is 0 Å². The second kappa shape index (κ2) is 4.09. The Balaban J connectivity index is 3.20. The van der Waals surface area contributed by atoms with E-state index >= 15 is 0 Å². The molecule has 0 saturated carbocycles. The van der Waals surface area contributed by atoms with Gasteiger partial charge in [0.2, 0.25) is 0 Å². The summed E-state index contributed by atoms with van der Waals surface area (Å²) in [6.45, 7) is 0. The zero-order valence-corrected chi connectivity index (χ0v) is 8.05. The number of hydrogen-bond acceptors (Lipinski definition) is 4. The highest BCUT2D eigenvalue weighted by Gasteiger charge is 2.13. The molecule has 70 valence electrons. The van der Waals surface area contributed by atoms with Gasteiger partial charge in [0.15, 0.2) is 5.15 Å². The fourth-order valence-electron chi connectivity index (χ4n) is 0.954. The first-order valence-corrected chi connectivity index (χ1v) is 3.99. The Bertz CT molecular complexity index is 328. The van der Waals surface area contributed by atoms with Gasteiger partial charge in [0.1, 0.15) is 0 Å². The van der Waals surface area contributed by atoms with Gasteiger partial charge < -0.3 is 10.1 Å². The molecule has 0 amide bonds. The van der Waals surface area contributed by atoms with E-state index in [2.05, 4.69) is 15.0 Å². The number of nitrogens with one attached hydrogen (secondary N) is 1. The monoisotopic (exact) mass is 200 g/mol. The van der Waals surface area contributed by atoms with Crippen LogP contribution >= 0.6 is 11.6 Å². The van der Waals surface area contributed by atoms with Crippen LogP contribution in [0.4, 0.5) is 5.69 Å². The van der Waals surface area contributed by atoms with Crippen LogP contribution in [0.2, 0.25) is 5.15 Å². The maximum absolute atomic E-state index is 11.2. The van der Waals surface area contributed by atoms with Crippen LogP contribution in [0.15, 0.2) is 12.3 Å². The predicted molar refractivity (Wildman–Crippen MR) is 50.1 cm³/mol. The van der Waals surface area contributed by atoms with Crippen molar-refractivity contribution in [2.45, 2.75) is 0 Å². The first-order chi connectivity index (χ1) is 6.20. The summed E-state index contributed by atoms with van der Waals surface area (Å²) in [5.41, 5.74) is 0.862. The van der Waals surface area contributed by atoms with E-state index in [9.17, 15) is 4.79 Å². The molecule has 0 fully saturated rings. The Morgan fingerprint density at radius 1 is 1.69 bits per heavy atom. The highest BCUT2D eigenvalue weighted by Crippen LogP contribution is 2.23. The van der Waals surface area contributed by atoms with Crippen molar-refractivity contribution in [2.75, 3.05) is 19.5 Å². The summed E-state index contributed by atoms with van der Waals surface area (Å²) >= 11 is 5.75. The molecule has 1 heterocycles. The third-order valence-electron chi connectivity index (χ3n) is 1.56. The maximum Gasteiger partial charge on any atom is 0.340 e. The number of rotatable bonds is 2. The number of esters is 1. The van der Waals surface area contributed by atoms with Crippen LogP contribution in [-0.2, 0) is 4.74 Å². The molecule has 0 radical (unpaired) electrons. The molecule has 0 bridgehead atoms. The largest absolute Gasteiger partial charge is 0.465 e. The Morgan fingerprint density at radius 2 is 2.38 bits per heavy atom. The van der Waals surface area contributed by atoms with Crippen LogP contribution in [0.1, 0.15) is 10.4 Å². The Labute approximate surface area is 80.9 Å². The third kappa shape index (κ3) is 1.89. The molecule has 0 spiro atoms. The molecule has 1 rings (SSSR count). The van der Waals surface area contributed by atoms with E-state index in [1.165, 1.54) is 13.3 Å². The molecule has 0 aliphatic rings. The smallest absolute Gasteiger partial charge is 0.340 e. The molecule has 4 nitrogen and oxygen atoms in total. The Kier molecular flexibility index (Phi) is 3.08. The van der Waals surface area contributed by atoms with Crippen LogP contribution in [0.3, 0.4) is 0 Å². The van der Waals surface area contributed by atoms with Crippen molar-refractivity contribution in [1.29, 1.82) is 0 Å². The Hall–Kier alpha value is -1.29. The average Bonchev–Trinajstić information content (AvgIpc) is 2.16. The van der Waals surface area contributed by atoms with Gasteiger partial charge in [-0.15, -0.1) is 0 Å². The summed E-state index contributed by atoms with van der Waals surface area (Å²) in [5, 5.41) is 3.04. The number of pyridine rings is 1. The van der Waals surface area contributed by atoms with Crippen LogP contribution in [0.25, 0.3) is 0 Å². The normalized spacial score (nSPS) is 9.46. The van der Waals surface area contributed by atoms with Crippen LogP contribution in [0, 0.1) is 0 Å². The fraction of sp³-hybridized carbons (Fsp3) is 0.250. The van der Waals surface area contributed by atoms with Crippen molar-refractivity contribution in [3.8, 4) is 0 Å². The lowest BCUT2D eigenvalue weighted by atomic mass is 10.2. The minimum absolute atomic E-state index is 0.255. The molecule has 1 aromatic rings. The predicted octanol–water partition coefficient (Wildman–Crippen LogP) is 1.56. The molecular weight excluding hydrogens is 192 g/mol. The van der Waals surface area contributed by atoms with Gasteiger partial charge in [-0.1, -0.05) is 11.6 Å². The van der Waals surface area contributed by atoms with Crippen molar-refractivity contribution in [1.82, 2.24) is 4.98 Å². The molecule has 1 aromatic heterocycles. The number of methoxy groups -OCH3 is 1. The van der Waals surface area contributed by atoms with E-state index in [4.69, 9.17) is 11.6 Å². The second-order valence-corrected chi connectivity index (χ2v) is 2.62. The molecule has 0 unspecified atom stereocenters. The molecule has 0 saturated heterocycles. The first kappa shape index (κ1) is 9.80. The van der Waals surface area contributed by atoms with E-state index in [0.717, 1.165) is 0 Å². The molecule has 0 aliphatic carbocycles. The second-order valence-electron chi connectivity index (χ2n) is 2.27. The first-order valence-electron chi connectivity index (χ1n) is 3.61. The summed E-state index contributed by atoms with van der Waals surface area (Å²) in [6.07, 6.45) is 1.45. The van der Waals surface area contributed by atoms with Crippen molar-refractivity contribution in [3.05, 3.63) is 23.0 Å². The summed E-state index contributed by atoms with van der Waals surface area (Å²) in [4.78, 5) is 15.0. The SMILES string of the molecule is CNc1c(C(=O)OC)ccnc1Cl. The number of nitrogens with zero attached hydrogens (tertiary/aromatic N) is 1. The zero-order valence-electron chi connectivity index (χ0n) is 7.30. The summed E-state index contributed by atoms with van der Waals surface area (Å²) in [5.74, 6) is -0.436. The topological polar surface area (TPSA) is 51.2 Å². The number of anilines is 1. The standard InChI is InChI=1S/C8H9ClN2O2/c1-10-6-5(8(12)13-2)3-4-11-7(6)9/h3-4,10H,1-2H3. The van der Waals surface area contributed by atoms with E-state index in [1.54, 1.807) is 13.1 Å². The van der Waals surface area contributed by atoms with Crippen LogP contribution in [0.5, 0.6) is 0 Å². The maximum atomic E-state index is 11.2. The van der Waals surface area contributed by atoms with Crippen molar-refractivity contribution in [2.24, 2.45) is 0 Å². The average molecular weight is 201 g/mol. The lowest BCUT2D eigenvalue weighted by molar-refractivity contribution is 0.0601. The Morgan fingerprint density at radius 3 is 2.92 bits per heavy atom. The van der Waals surface area contributed by atoms with Gasteiger partial charge in [0.05, 0.1) is 18.4 Å². The van der Waals surface area contributed by atoms with Gasteiger partial charge in [0, 0.05) is 13.2 Å². The van der Waals surface area contributed by atoms with E-state index in [-0.39, 0.29) is 5.15 Å². The van der Waals surface area contributed by atoms with E-state index < -0.39 is 5.97 Å². The van der Waals surface area contributed by atoms with Crippen LogP contribution in [-0.4, -0.2) is 25.1 Å². The molecule has 0 aromatic carbocycles. The number of hydrogen-bond donors (Lipinski definition) is 1. The van der Waals surface area contributed by atoms with Gasteiger partial charge in [0.25, 0.3) is 0 Å². The summed E-state index contributed by atoms with van der Waals surface area (Å²) in [6, 6.07) is 1.55. The number of halogens is 1. The molecule has 5 heteroatoms. The third-order valence-corrected chi connectivity index (χ3v) is 1.85. The minimum Gasteiger partial charge on any atom is -0.465 e. The van der Waals surface area contributed by atoms with Crippen molar-refractivity contribution < 1.29 is 9.53 Å². The van der Waals surface area contributed by atoms with E-state index in [1.807, 2.05) is 0 Å². The molecule has 0 aliphatic heterocycles. The number of carbonyl (C=O) groups excluding carboxylic acids is 1. The van der Waals surface area contributed by atoms with Gasteiger partial charge in [-0.25, -0.2) is 9.78 Å². The molecule has 1 N–H and O–H groups in total. The quantitative estimate of drug-likeness (QED) is 0.582. The summed E-state index contributed by atoms with van der Waals surface area (Å²) in [7, 11) is 2.98. The lowest BCUT2D eigenvalue weighted by Crippen LogP contribution is -2.06. The molecular formula is C8H9ClN2O2. The number of carbonyl (C=O) groups is 1. The zero-order chi connectivity index (χ0) is 9.84. The van der Waals surface area contributed by atoms with E-state index in [0.29, 0.717) is 11.3 Å². The lowest BCUT2D eigenvalue weighted by Gasteiger charge is -2.07. The van der Waals surface area contributed by atoms with Crippen LogP contribution < -0.4 is 5.32 Å². The summed E-state index contributed by atoms with van der Waals surface area (Å²) < 4.78 is 4.57. The van der Waals surface area contributed by atoms with Gasteiger partial charge >= 0.3 is 5.97 Å². The van der Waals surface area contributed by atoms with Crippen molar-refractivity contribution >= 4 is 23.3 Å². The number of ether oxygens (including phenoxy) is 1. The molecule has 13 heavy (non-hydrogen) atoms.